The second kappa shape index (κ2) is 11.1. The lowest BCUT2D eigenvalue weighted by Crippen LogP contribution is -2.27. The van der Waals surface area contributed by atoms with Gasteiger partial charge < -0.3 is 20.1 Å². The summed E-state index contributed by atoms with van der Waals surface area (Å²) in [6.45, 7) is 2.46. The summed E-state index contributed by atoms with van der Waals surface area (Å²) in [6, 6.07) is 13.8. The van der Waals surface area contributed by atoms with E-state index in [1.165, 1.54) is 48.5 Å². The van der Waals surface area contributed by atoms with Crippen LogP contribution in [0.15, 0.2) is 53.7 Å². The molecule has 1 aliphatic rings. The summed E-state index contributed by atoms with van der Waals surface area (Å²) >= 11 is 1.29. The van der Waals surface area contributed by atoms with E-state index in [4.69, 9.17) is 0 Å². The van der Waals surface area contributed by atoms with E-state index >= 15 is 0 Å². The van der Waals surface area contributed by atoms with E-state index in [9.17, 15) is 14.0 Å². The molecule has 10 heteroatoms. The van der Waals surface area contributed by atoms with Crippen LogP contribution in [0, 0.1) is 5.82 Å². The highest BCUT2D eigenvalue weighted by molar-refractivity contribution is 7.99. The molecule has 0 bridgehead atoms. The van der Waals surface area contributed by atoms with Gasteiger partial charge in [-0.2, -0.15) is 0 Å². The molecule has 2 amide bonds. The van der Waals surface area contributed by atoms with E-state index < -0.39 is 11.7 Å². The molecule has 1 aliphatic heterocycles. The van der Waals surface area contributed by atoms with Gasteiger partial charge in [0.2, 0.25) is 5.91 Å². The molecule has 4 rings (SSSR count). The first-order chi connectivity index (χ1) is 16.5. The normalized spacial score (nSPS) is 13.2. The number of halogens is 1. The maximum absolute atomic E-state index is 13.7. The summed E-state index contributed by atoms with van der Waals surface area (Å²) in [4.78, 5) is 26.8. The fourth-order valence-corrected chi connectivity index (χ4v) is 4.50. The van der Waals surface area contributed by atoms with Gasteiger partial charge >= 0.3 is 0 Å². The van der Waals surface area contributed by atoms with Crippen molar-refractivity contribution in [3.05, 3.63) is 65.7 Å². The van der Waals surface area contributed by atoms with Gasteiger partial charge in [-0.25, -0.2) is 4.39 Å². The van der Waals surface area contributed by atoms with Crippen LogP contribution in [-0.4, -0.2) is 52.0 Å². The van der Waals surface area contributed by atoms with Crippen LogP contribution >= 0.6 is 11.8 Å². The number of anilines is 2. The van der Waals surface area contributed by atoms with Crippen molar-refractivity contribution < 1.29 is 14.0 Å². The highest BCUT2D eigenvalue weighted by Crippen LogP contribution is 2.22. The number of benzene rings is 2. The molecule has 34 heavy (non-hydrogen) atoms. The molecule has 0 spiro atoms. The smallest absolute Gasteiger partial charge is 0.254 e. The van der Waals surface area contributed by atoms with Crippen molar-refractivity contribution in [3.8, 4) is 0 Å². The molecule has 1 aromatic heterocycles. The zero-order chi connectivity index (χ0) is 23.9. The molecule has 178 valence electrons. The van der Waals surface area contributed by atoms with Crippen molar-refractivity contribution in [1.82, 2.24) is 20.1 Å². The highest BCUT2D eigenvalue weighted by atomic mass is 32.2. The third-order valence-corrected chi connectivity index (χ3v) is 6.65. The summed E-state index contributed by atoms with van der Waals surface area (Å²) in [5.41, 5.74) is 1.95. The van der Waals surface area contributed by atoms with E-state index in [0.29, 0.717) is 17.4 Å². The summed E-state index contributed by atoms with van der Waals surface area (Å²) in [6.07, 6.45) is 2.88. The van der Waals surface area contributed by atoms with Gasteiger partial charge in [0.1, 0.15) is 11.6 Å². The molecule has 0 saturated carbocycles. The maximum Gasteiger partial charge on any atom is 0.254 e. The van der Waals surface area contributed by atoms with Gasteiger partial charge in [0.25, 0.3) is 5.91 Å². The quantitative estimate of drug-likeness (QED) is 0.455. The van der Waals surface area contributed by atoms with E-state index in [0.717, 1.165) is 18.8 Å². The monoisotopic (exact) mass is 482 g/mol. The molecule has 1 fully saturated rings. The first-order valence-corrected chi connectivity index (χ1v) is 12.2. The second-order valence-corrected chi connectivity index (χ2v) is 8.96. The maximum atomic E-state index is 13.7. The summed E-state index contributed by atoms with van der Waals surface area (Å²) < 4.78 is 15.5. The summed E-state index contributed by atoms with van der Waals surface area (Å²) in [5, 5.41) is 14.5. The SMILES string of the molecule is Cn1c(CCNC(=O)c2ccccc2F)nnc1SCC(=O)Nc1ccc(N2CCCC2)cc1. The van der Waals surface area contributed by atoms with Crippen molar-refractivity contribution in [2.45, 2.75) is 24.4 Å². The Bertz CT molecular complexity index is 1140. The molecule has 8 nitrogen and oxygen atoms in total. The minimum Gasteiger partial charge on any atom is -0.372 e. The van der Waals surface area contributed by atoms with E-state index in [1.54, 1.807) is 10.6 Å². The predicted octanol–water partition coefficient (Wildman–Crippen LogP) is 3.26. The fourth-order valence-electron chi connectivity index (χ4n) is 3.77. The van der Waals surface area contributed by atoms with Crippen LogP contribution < -0.4 is 15.5 Å². The van der Waals surface area contributed by atoms with E-state index in [2.05, 4.69) is 25.7 Å². The Hall–Kier alpha value is -3.40. The average Bonchev–Trinajstić information content (AvgIpc) is 3.49. The lowest BCUT2D eigenvalue weighted by atomic mass is 10.2. The average molecular weight is 483 g/mol. The van der Waals surface area contributed by atoms with Gasteiger partial charge in [-0.15, -0.1) is 10.2 Å². The number of nitrogens with zero attached hydrogens (tertiary/aromatic N) is 4. The van der Waals surface area contributed by atoms with Crippen LogP contribution in [0.25, 0.3) is 0 Å². The lowest BCUT2D eigenvalue weighted by molar-refractivity contribution is -0.113. The van der Waals surface area contributed by atoms with Crippen LogP contribution in [0.3, 0.4) is 0 Å². The van der Waals surface area contributed by atoms with Gasteiger partial charge in [-0.1, -0.05) is 23.9 Å². The molecule has 2 heterocycles. The Morgan fingerprint density at radius 3 is 2.53 bits per heavy atom. The Morgan fingerprint density at radius 2 is 1.79 bits per heavy atom. The second-order valence-electron chi connectivity index (χ2n) is 8.02. The number of thioether (sulfide) groups is 1. The minimum absolute atomic E-state index is 0.00778. The molecule has 3 aromatic rings. The standard InChI is InChI=1S/C24H27FN6O2S/c1-30-21(12-13-26-23(33)19-6-2-3-7-20(19)25)28-29-24(30)34-16-22(32)27-17-8-10-18(11-9-17)31-14-4-5-15-31/h2-3,6-11H,4-5,12-16H2,1H3,(H,26,33)(H,27,32). The first kappa shape index (κ1) is 23.7. The van der Waals surface area contributed by atoms with E-state index in [1.807, 2.05) is 31.3 Å². The Balaban J connectivity index is 1.22. The number of amides is 2. The van der Waals surface area contributed by atoms with Crippen molar-refractivity contribution in [1.29, 1.82) is 0 Å². The molecule has 2 N–H and O–H groups in total. The minimum atomic E-state index is -0.557. The predicted molar refractivity (Wildman–Crippen MR) is 131 cm³/mol. The molecular weight excluding hydrogens is 455 g/mol. The first-order valence-electron chi connectivity index (χ1n) is 11.2. The number of hydrogen-bond acceptors (Lipinski definition) is 6. The molecule has 0 atom stereocenters. The summed E-state index contributed by atoms with van der Waals surface area (Å²) in [5.74, 6) is -0.294. The van der Waals surface area contributed by atoms with Crippen LogP contribution in [0.4, 0.5) is 15.8 Å². The zero-order valence-corrected chi connectivity index (χ0v) is 19.8. The third kappa shape index (κ3) is 5.93. The van der Waals surface area contributed by atoms with Crippen LogP contribution in [0.1, 0.15) is 29.0 Å². The van der Waals surface area contributed by atoms with Crippen LogP contribution in [0.5, 0.6) is 0 Å². The van der Waals surface area contributed by atoms with Gasteiger partial charge in [-0.3, -0.25) is 9.59 Å². The third-order valence-electron chi connectivity index (χ3n) is 5.63. The fraction of sp³-hybridized carbons (Fsp3) is 0.333. The van der Waals surface area contributed by atoms with Gasteiger partial charge in [0, 0.05) is 44.5 Å². The van der Waals surface area contributed by atoms with E-state index in [-0.39, 0.29) is 23.8 Å². The number of rotatable bonds is 9. The van der Waals surface area contributed by atoms with Crippen molar-refractivity contribution >= 4 is 35.0 Å². The Labute approximate surface area is 201 Å². The van der Waals surface area contributed by atoms with Crippen molar-refractivity contribution in [2.75, 3.05) is 35.6 Å². The summed E-state index contributed by atoms with van der Waals surface area (Å²) in [7, 11) is 1.81. The van der Waals surface area contributed by atoms with Gasteiger partial charge in [0.15, 0.2) is 5.16 Å². The molecule has 0 aliphatic carbocycles. The number of carbonyl (C=O) groups excluding carboxylic acids is 2. The molecule has 1 saturated heterocycles. The van der Waals surface area contributed by atoms with Crippen molar-refractivity contribution in [2.24, 2.45) is 7.05 Å². The van der Waals surface area contributed by atoms with Gasteiger partial charge in [0.05, 0.1) is 11.3 Å². The Morgan fingerprint density at radius 1 is 1.06 bits per heavy atom. The lowest BCUT2D eigenvalue weighted by Gasteiger charge is -2.17. The van der Waals surface area contributed by atoms with Gasteiger partial charge in [-0.05, 0) is 49.2 Å². The highest BCUT2D eigenvalue weighted by Gasteiger charge is 2.15. The van der Waals surface area contributed by atoms with Crippen LogP contribution in [-0.2, 0) is 18.3 Å². The van der Waals surface area contributed by atoms with Crippen molar-refractivity contribution in [3.63, 3.8) is 0 Å². The molecule has 0 unspecified atom stereocenters. The molecule has 0 radical (unpaired) electrons. The Kier molecular flexibility index (Phi) is 7.79. The number of nitrogens with one attached hydrogen (secondary N) is 2. The molecule has 2 aromatic carbocycles. The topological polar surface area (TPSA) is 92.1 Å². The van der Waals surface area contributed by atoms with Crippen LogP contribution in [0.2, 0.25) is 0 Å². The number of hydrogen-bond donors (Lipinski definition) is 2. The number of carbonyl (C=O) groups is 2. The molecular formula is C24H27FN6O2S. The largest absolute Gasteiger partial charge is 0.372 e. The number of aromatic nitrogens is 3. The zero-order valence-electron chi connectivity index (χ0n) is 19.0.